The summed E-state index contributed by atoms with van der Waals surface area (Å²) in [4.78, 5) is 14.4. The summed E-state index contributed by atoms with van der Waals surface area (Å²) >= 11 is 6.50. The molecule has 0 aliphatic carbocycles. The molecular formula is C21H27ClN2O3. The first-order valence-corrected chi connectivity index (χ1v) is 9.51. The van der Waals surface area contributed by atoms with E-state index in [1.165, 1.54) is 18.7 Å². The molecule has 1 atom stereocenters. The fraction of sp³-hybridized carbons (Fsp3) is 0.524. The molecule has 0 fully saturated rings. The Kier molecular flexibility index (Phi) is 6.91. The molecule has 146 valence electrons. The number of benzene rings is 1. The molecule has 1 heterocycles. The van der Waals surface area contributed by atoms with Gasteiger partial charge < -0.3 is 14.4 Å². The number of carbonyl (C=O) groups is 1. The molecule has 0 radical (unpaired) electrons. The number of carbonyl (C=O) groups excluding carboxylic acids is 1. The van der Waals surface area contributed by atoms with Crippen LogP contribution in [0, 0.1) is 11.3 Å². The van der Waals surface area contributed by atoms with Crippen LogP contribution in [-0.4, -0.2) is 38.4 Å². The van der Waals surface area contributed by atoms with Gasteiger partial charge in [-0.15, -0.1) is 0 Å². The number of ether oxygens (including phenoxy) is 2. The van der Waals surface area contributed by atoms with Crippen molar-refractivity contribution in [1.29, 1.82) is 5.26 Å². The topological polar surface area (TPSA) is 62.6 Å². The highest BCUT2D eigenvalue weighted by Crippen LogP contribution is 2.45. The van der Waals surface area contributed by atoms with Gasteiger partial charge in [0.15, 0.2) is 0 Å². The fourth-order valence-corrected chi connectivity index (χ4v) is 4.03. The molecule has 0 amide bonds. The molecule has 1 unspecified atom stereocenters. The van der Waals surface area contributed by atoms with Gasteiger partial charge in [0.2, 0.25) is 0 Å². The van der Waals surface area contributed by atoms with Crippen molar-refractivity contribution in [3.63, 3.8) is 0 Å². The Morgan fingerprint density at radius 2 is 2.15 bits per heavy atom. The summed E-state index contributed by atoms with van der Waals surface area (Å²) in [7, 11) is 1.52. The Morgan fingerprint density at radius 1 is 1.44 bits per heavy atom. The number of esters is 1. The first-order chi connectivity index (χ1) is 12.7. The highest BCUT2D eigenvalue weighted by molar-refractivity contribution is 6.32. The summed E-state index contributed by atoms with van der Waals surface area (Å²) < 4.78 is 9.89. The van der Waals surface area contributed by atoms with Crippen LogP contribution in [-0.2, 0) is 14.3 Å². The third kappa shape index (κ3) is 4.63. The van der Waals surface area contributed by atoms with Gasteiger partial charge in [-0.25, -0.2) is 4.79 Å². The van der Waals surface area contributed by atoms with Crippen LogP contribution in [0.5, 0.6) is 0 Å². The van der Waals surface area contributed by atoms with Crippen molar-refractivity contribution in [2.45, 2.75) is 45.6 Å². The lowest BCUT2D eigenvalue weighted by atomic mass is 9.79. The monoisotopic (exact) mass is 390 g/mol. The van der Waals surface area contributed by atoms with E-state index in [0.29, 0.717) is 16.5 Å². The zero-order chi connectivity index (χ0) is 20.2. The van der Waals surface area contributed by atoms with E-state index >= 15 is 0 Å². The molecule has 1 aliphatic rings. The maximum absolute atomic E-state index is 12.1. The summed E-state index contributed by atoms with van der Waals surface area (Å²) in [5.74, 6) is -0.325. The Labute approximate surface area is 166 Å². The maximum atomic E-state index is 12.1. The van der Waals surface area contributed by atoms with E-state index in [1.54, 1.807) is 0 Å². The average molecular weight is 391 g/mol. The lowest BCUT2D eigenvalue weighted by Gasteiger charge is -2.47. The normalized spacial score (nSPS) is 18.6. The Balaban J connectivity index is 2.41. The summed E-state index contributed by atoms with van der Waals surface area (Å²) in [6.07, 6.45) is 2.52. The van der Waals surface area contributed by atoms with Crippen molar-refractivity contribution in [2.75, 3.05) is 31.8 Å². The molecule has 5 nitrogen and oxygen atoms in total. The van der Waals surface area contributed by atoms with E-state index in [4.69, 9.17) is 21.1 Å². The van der Waals surface area contributed by atoms with E-state index in [2.05, 4.69) is 32.6 Å². The molecular weight excluding hydrogens is 364 g/mol. The lowest BCUT2D eigenvalue weighted by molar-refractivity contribution is -0.139. The van der Waals surface area contributed by atoms with Crippen molar-refractivity contribution in [1.82, 2.24) is 0 Å². The van der Waals surface area contributed by atoms with E-state index in [-0.39, 0.29) is 24.3 Å². The van der Waals surface area contributed by atoms with E-state index in [1.807, 2.05) is 18.2 Å². The third-order valence-electron chi connectivity index (χ3n) is 4.98. The summed E-state index contributed by atoms with van der Waals surface area (Å²) in [6.45, 7) is 10.1. The van der Waals surface area contributed by atoms with Gasteiger partial charge in [-0.05, 0) is 62.4 Å². The minimum atomic E-state index is -0.673. The van der Waals surface area contributed by atoms with Crippen molar-refractivity contribution in [3.8, 4) is 6.07 Å². The van der Waals surface area contributed by atoms with Gasteiger partial charge in [-0.2, -0.15) is 5.26 Å². The number of hydrogen-bond acceptors (Lipinski definition) is 5. The van der Waals surface area contributed by atoms with Crippen LogP contribution in [0.3, 0.4) is 0 Å². The highest BCUT2D eigenvalue weighted by atomic mass is 35.5. The van der Waals surface area contributed by atoms with Crippen LogP contribution >= 0.6 is 11.6 Å². The standard InChI is InChI=1S/C21H27ClN2O3/c1-6-24-19-11-18(22)15(10-17(19)14(2)12-21(24,3)4)9-16(13-23)20(25)27-8-7-26-5/h9-11,14H,6-8,12H2,1-5H3/b16-9-. The van der Waals surface area contributed by atoms with Gasteiger partial charge in [0, 0.05) is 29.9 Å². The van der Waals surface area contributed by atoms with E-state index < -0.39 is 5.97 Å². The molecule has 1 aromatic carbocycles. The molecule has 27 heavy (non-hydrogen) atoms. The van der Waals surface area contributed by atoms with E-state index in [9.17, 15) is 10.1 Å². The Bertz CT molecular complexity index is 780. The van der Waals surface area contributed by atoms with Gasteiger partial charge in [-0.1, -0.05) is 18.5 Å². The lowest BCUT2D eigenvalue weighted by Crippen LogP contribution is -2.48. The molecule has 6 heteroatoms. The number of fused-ring (bicyclic) bond motifs is 1. The minimum absolute atomic E-state index is 0.0464. The van der Waals surface area contributed by atoms with Gasteiger partial charge in [0.25, 0.3) is 0 Å². The second-order valence-electron chi connectivity index (χ2n) is 7.39. The summed E-state index contributed by atoms with van der Waals surface area (Å²) in [5.41, 5.74) is 2.91. The summed E-state index contributed by atoms with van der Waals surface area (Å²) in [5, 5.41) is 9.85. The SMILES string of the molecule is CCN1c2cc(Cl)c(/C=C(/C#N)C(=O)OCCOC)cc2C(C)CC1(C)C. The van der Waals surface area contributed by atoms with Gasteiger partial charge in [0.05, 0.1) is 6.61 Å². The fourth-order valence-electron chi connectivity index (χ4n) is 3.82. The summed E-state index contributed by atoms with van der Waals surface area (Å²) in [6, 6.07) is 5.83. The van der Waals surface area contributed by atoms with Crippen LogP contribution in [0.4, 0.5) is 5.69 Å². The number of halogens is 1. The molecule has 0 spiro atoms. The number of anilines is 1. The van der Waals surface area contributed by atoms with Crippen molar-refractivity contribution < 1.29 is 14.3 Å². The number of nitriles is 1. The predicted octanol–water partition coefficient (Wildman–Crippen LogP) is 4.55. The van der Waals surface area contributed by atoms with Gasteiger partial charge >= 0.3 is 5.97 Å². The zero-order valence-corrected chi connectivity index (χ0v) is 17.4. The second kappa shape index (κ2) is 8.77. The smallest absolute Gasteiger partial charge is 0.348 e. The molecule has 1 aromatic rings. The van der Waals surface area contributed by atoms with Gasteiger partial charge in [0.1, 0.15) is 18.2 Å². The first-order valence-electron chi connectivity index (χ1n) is 9.14. The van der Waals surface area contributed by atoms with Crippen LogP contribution in [0.15, 0.2) is 17.7 Å². The first kappa shape index (κ1) is 21.3. The number of methoxy groups -OCH3 is 1. The molecule has 0 aromatic heterocycles. The average Bonchev–Trinajstić information content (AvgIpc) is 2.60. The zero-order valence-electron chi connectivity index (χ0n) is 16.6. The van der Waals surface area contributed by atoms with Crippen LogP contribution in [0.2, 0.25) is 5.02 Å². The Hall–Kier alpha value is -2.03. The van der Waals surface area contributed by atoms with E-state index in [0.717, 1.165) is 18.7 Å². The van der Waals surface area contributed by atoms with Crippen LogP contribution < -0.4 is 4.90 Å². The molecule has 0 saturated heterocycles. The third-order valence-corrected chi connectivity index (χ3v) is 5.31. The van der Waals surface area contributed by atoms with Crippen molar-refractivity contribution in [3.05, 3.63) is 33.9 Å². The van der Waals surface area contributed by atoms with Crippen molar-refractivity contribution >= 4 is 29.3 Å². The van der Waals surface area contributed by atoms with Gasteiger partial charge in [-0.3, -0.25) is 0 Å². The number of rotatable bonds is 6. The highest BCUT2D eigenvalue weighted by Gasteiger charge is 2.35. The predicted molar refractivity (Wildman–Crippen MR) is 108 cm³/mol. The number of hydrogen-bond donors (Lipinski definition) is 0. The van der Waals surface area contributed by atoms with Crippen LogP contribution in [0.1, 0.15) is 51.2 Å². The molecule has 1 aliphatic heterocycles. The molecule has 0 saturated carbocycles. The second-order valence-corrected chi connectivity index (χ2v) is 7.80. The Morgan fingerprint density at radius 3 is 2.74 bits per heavy atom. The van der Waals surface area contributed by atoms with Crippen molar-refractivity contribution in [2.24, 2.45) is 0 Å². The molecule has 0 bridgehead atoms. The van der Waals surface area contributed by atoms with Crippen LogP contribution in [0.25, 0.3) is 6.08 Å². The quantitative estimate of drug-likeness (QED) is 0.308. The molecule has 0 N–H and O–H groups in total. The molecule has 2 rings (SSSR count). The minimum Gasteiger partial charge on any atom is -0.459 e. The largest absolute Gasteiger partial charge is 0.459 e. The number of nitrogens with zero attached hydrogens (tertiary/aromatic N) is 2. The maximum Gasteiger partial charge on any atom is 0.348 e.